The van der Waals surface area contributed by atoms with Crippen molar-refractivity contribution in [3.8, 4) is 16.9 Å². The van der Waals surface area contributed by atoms with Crippen LogP contribution in [0.15, 0.2) is 60.7 Å². The fraction of sp³-hybridized carbons (Fsp3) is 0.185. The molecule has 1 aliphatic rings. The summed E-state index contributed by atoms with van der Waals surface area (Å²) < 4.78 is 6.09. The Kier molecular flexibility index (Phi) is 5.18. The number of hydrogen-bond donors (Lipinski definition) is 2. The lowest BCUT2D eigenvalue weighted by atomic mass is 10.0. The maximum atomic E-state index is 11.3. The van der Waals surface area contributed by atoms with E-state index in [1.165, 1.54) is 7.05 Å². The van der Waals surface area contributed by atoms with E-state index in [-0.39, 0.29) is 5.95 Å². The largest absolute Gasteiger partial charge is 0.491 e. The van der Waals surface area contributed by atoms with E-state index in [0.29, 0.717) is 25.2 Å². The highest BCUT2D eigenvalue weighted by Crippen LogP contribution is 2.33. The second-order valence-electron chi connectivity index (χ2n) is 8.84. The number of nitrogens with one attached hydrogen (secondary N) is 1. The van der Waals surface area contributed by atoms with E-state index in [1.54, 1.807) is 0 Å². The predicted molar refractivity (Wildman–Crippen MR) is 139 cm³/mol. The van der Waals surface area contributed by atoms with Gasteiger partial charge in [-0.15, -0.1) is 0 Å². The van der Waals surface area contributed by atoms with Gasteiger partial charge in [-0.1, -0.05) is 24.3 Å². The van der Waals surface area contributed by atoms with Gasteiger partial charge in [0.2, 0.25) is 5.95 Å². The molecule has 0 saturated heterocycles. The molecule has 3 heterocycles. The van der Waals surface area contributed by atoms with Crippen LogP contribution in [0.4, 0.5) is 16.6 Å². The molecule has 0 atom stereocenters. The number of nitrogens with zero attached hydrogens (tertiary/aromatic N) is 5. The predicted octanol–water partition coefficient (Wildman–Crippen LogP) is 4.99. The van der Waals surface area contributed by atoms with Gasteiger partial charge in [-0.3, -0.25) is 4.90 Å². The van der Waals surface area contributed by atoms with Gasteiger partial charge in [0.15, 0.2) is 0 Å². The van der Waals surface area contributed by atoms with Gasteiger partial charge in [0.1, 0.15) is 24.0 Å². The Morgan fingerprint density at radius 2 is 1.83 bits per heavy atom. The van der Waals surface area contributed by atoms with Crippen LogP contribution in [0.25, 0.3) is 33.1 Å². The second-order valence-corrected chi connectivity index (χ2v) is 8.84. The summed E-state index contributed by atoms with van der Waals surface area (Å²) in [6.45, 7) is 3.85. The van der Waals surface area contributed by atoms with E-state index < -0.39 is 6.09 Å². The summed E-state index contributed by atoms with van der Waals surface area (Å²) in [5.41, 5.74) is 5.51. The van der Waals surface area contributed by atoms with Crippen LogP contribution in [0.3, 0.4) is 0 Å². The molecule has 0 fully saturated rings. The maximum absolute atomic E-state index is 11.3. The van der Waals surface area contributed by atoms with Gasteiger partial charge in [0, 0.05) is 24.5 Å². The molecule has 180 valence electrons. The van der Waals surface area contributed by atoms with Crippen molar-refractivity contribution in [3.05, 3.63) is 72.1 Å². The number of anilines is 2. The van der Waals surface area contributed by atoms with Gasteiger partial charge in [-0.25, -0.2) is 19.7 Å². The highest BCUT2D eigenvalue weighted by Gasteiger charge is 2.20. The molecule has 9 heteroatoms. The fourth-order valence-corrected chi connectivity index (χ4v) is 4.59. The molecular weight excluding hydrogens is 456 g/mol. The Labute approximate surface area is 207 Å². The first kappa shape index (κ1) is 21.8. The van der Waals surface area contributed by atoms with Crippen molar-refractivity contribution in [1.82, 2.24) is 19.9 Å². The lowest BCUT2D eigenvalue weighted by molar-refractivity contribution is 0.203. The zero-order chi connectivity index (χ0) is 24.8. The summed E-state index contributed by atoms with van der Waals surface area (Å²) in [6.07, 6.45) is -1.07. The normalized spacial score (nSPS) is 13.3. The number of aromatic amines is 1. The molecule has 36 heavy (non-hydrogen) atoms. The topological polar surface area (TPSA) is 107 Å². The third kappa shape index (κ3) is 3.84. The molecule has 0 bridgehead atoms. The van der Waals surface area contributed by atoms with E-state index in [0.717, 1.165) is 55.4 Å². The highest BCUT2D eigenvalue weighted by molar-refractivity contribution is 5.90. The number of H-pyrrole nitrogens is 1. The minimum absolute atomic E-state index is 0.285. The number of aromatic nitrogens is 4. The van der Waals surface area contributed by atoms with Crippen molar-refractivity contribution in [3.63, 3.8) is 0 Å². The summed E-state index contributed by atoms with van der Waals surface area (Å²) >= 11 is 0. The number of rotatable bonds is 3. The molecular formula is C27H24N6O3. The number of imidazole rings is 1. The van der Waals surface area contributed by atoms with Crippen LogP contribution in [0.2, 0.25) is 0 Å². The van der Waals surface area contributed by atoms with Crippen molar-refractivity contribution < 1.29 is 14.6 Å². The van der Waals surface area contributed by atoms with Crippen molar-refractivity contribution in [2.45, 2.75) is 13.5 Å². The molecule has 3 aromatic carbocycles. The zero-order valence-electron chi connectivity index (χ0n) is 19.9. The molecule has 5 aromatic rings. The fourth-order valence-electron chi connectivity index (χ4n) is 4.59. The number of fused-ring (bicyclic) bond motifs is 3. The molecule has 0 unspecified atom stereocenters. The Hall–Kier alpha value is -4.66. The molecule has 2 aromatic heterocycles. The lowest BCUT2D eigenvalue weighted by Crippen LogP contribution is -2.26. The first-order chi connectivity index (χ1) is 17.5. The van der Waals surface area contributed by atoms with Crippen LogP contribution in [-0.2, 0) is 6.54 Å². The number of benzene rings is 3. The number of carboxylic acid groups (broad SMARTS) is 1. The average Bonchev–Trinajstić information content (AvgIpc) is 3.19. The second kappa shape index (κ2) is 8.53. The molecule has 6 rings (SSSR count). The van der Waals surface area contributed by atoms with Crippen LogP contribution in [0, 0.1) is 6.92 Å². The van der Waals surface area contributed by atoms with E-state index in [2.05, 4.69) is 32.0 Å². The summed E-state index contributed by atoms with van der Waals surface area (Å²) in [4.78, 5) is 31.4. The SMILES string of the molecule is Cc1nc(N2CCOc3ccc(-c4ccc5nc(N(C)C(=O)O)[nH]c5c4)cc3C2)c2ccccc2n1. The van der Waals surface area contributed by atoms with Gasteiger partial charge in [0.05, 0.1) is 23.1 Å². The number of para-hydroxylation sites is 1. The first-order valence-corrected chi connectivity index (χ1v) is 11.7. The van der Waals surface area contributed by atoms with E-state index in [4.69, 9.17) is 9.72 Å². The molecule has 0 spiro atoms. The van der Waals surface area contributed by atoms with Gasteiger partial charge in [-0.05, 0) is 54.4 Å². The van der Waals surface area contributed by atoms with E-state index in [9.17, 15) is 9.90 Å². The van der Waals surface area contributed by atoms with Crippen LogP contribution in [0.1, 0.15) is 11.4 Å². The van der Waals surface area contributed by atoms with Crippen molar-refractivity contribution in [1.29, 1.82) is 0 Å². The summed E-state index contributed by atoms with van der Waals surface area (Å²) in [5.74, 6) is 2.80. The van der Waals surface area contributed by atoms with Gasteiger partial charge in [0.25, 0.3) is 0 Å². The minimum atomic E-state index is -1.07. The summed E-state index contributed by atoms with van der Waals surface area (Å²) in [7, 11) is 1.46. The van der Waals surface area contributed by atoms with Crippen LogP contribution >= 0.6 is 0 Å². The van der Waals surface area contributed by atoms with Crippen molar-refractivity contribution in [2.75, 3.05) is 30.0 Å². The summed E-state index contributed by atoms with van der Waals surface area (Å²) in [6, 6.07) is 20.1. The van der Waals surface area contributed by atoms with Crippen molar-refractivity contribution in [2.24, 2.45) is 0 Å². The molecule has 0 aliphatic carbocycles. The Balaban J connectivity index is 1.36. The first-order valence-electron chi connectivity index (χ1n) is 11.7. The van der Waals surface area contributed by atoms with Gasteiger partial charge in [-0.2, -0.15) is 0 Å². The van der Waals surface area contributed by atoms with Gasteiger partial charge < -0.3 is 19.7 Å². The number of carbonyl (C=O) groups is 1. The Morgan fingerprint density at radius 3 is 2.69 bits per heavy atom. The van der Waals surface area contributed by atoms with Crippen molar-refractivity contribution >= 4 is 39.8 Å². The minimum Gasteiger partial charge on any atom is -0.491 e. The summed E-state index contributed by atoms with van der Waals surface area (Å²) in [5, 5.41) is 10.3. The molecule has 0 radical (unpaired) electrons. The standard InChI is InChI=1S/C27H24N6O3/c1-16-28-21-6-4-3-5-20(21)25(29-16)33-11-12-36-24-10-8-17(13-19(24)15-33)18-7-9-22-23(14-18)31-26(30-22)32(2)27(34)35/h3-10,13-14H,11-12,15H2,1-2H3,(H,30,31)(H,34,35). The molecule has 9 nitrogen and oxygen atoms in total. The number of amides is 1. The van der Waals surface area contributed by atoms with Crippen LogP contribution in [0.5, 0.6) is 5.75 Å². The average molecular weight is 481 g/mol. The Morgan fingerprint density at radius 1 is 1.03 bits per heavy atom. The van der Waals surface area contributed by atoms with E-state index >= 15 is 0 Å². The third-order valence-corrected chi connectivity index (χ3v) is 6.44. The lowest BCUT2D eigenvalue weighted by Gasteiger charge is -2.23. The molecule has 1 aliphatic heterocycles. The van der Waals surface area contributed by atoms with E-state index in [1.807, 2.05) is 55.5 Å². The molecule has 0 saturated carbocycles. The number of ether oxygens (including phenoxy) is 1. The van der Waals surface area contributed by atoms with Gasteiger partial charge >= 0.3 is 6.09 Å². The number of hydrogen-bond acceptors (Lipinski definition) is 6. The molecule has 2 N–H and O–H groups in total. The molecule has 1 amide bonds. The quantitative estimate of drug-likeness (QED) is 0.374. The third-order valence-electron chi connectivity index (χ3n) is 6.44. The maximum Gasteiger partial charge on any atom is 0.413 e. The Bertz CT molecular complexity index is 1630. The van der Waals surface area contributed by atoms with Crippen LogP contribution in [-0.4, -0.2) is 51.3 Å². The highest BCUT2D eigenvalue weighted by atomic mass is 16.5. The smallest absolute Gasteiger partial charge is 0.413 e. The zero-order valence-corrected chi connectivity index (χ0v) is 19.9. The monoisotopic (exact) mass is 480 g/mol. The number of aryl methyl sites for hydroxylation is 1. The van der Waals surface area contributed by atoms with Crippen LogP contribution < -0.4 is 14.5 Å².